The van der Waals surface area contributed by atoms with Crippen LogP contribution in [0.25, 0.3) is 0 Å². The van der Waals surface area contributed by atoms with Crippen molar-refractivity contribution in [3.63, 3.8) is 0 Å². The Morgan fingerprint density at radius 2 is 1.47 bits per heavy atom. The van der Waals surface area contributed by atoms with Crippen molar-refractivity contribution >= 4 is 0 Å². The van der Waals surface area contributed by atoms with Gasteiger partial charge in [0.2, 0.25) is 0 Å². The molecule has 0 aliphatic carbocycles. The van der Waals surface area contributed by atoms with Crippen molar-refractivity contribution in [3.8, 4) is 0 Å². The lowest BCUT2D eigenvalue weighted by Crippen LogP contribution is -2.78. The van der Waals surface area contributed by atoms with Gasteiger partial charge in [0.05, 0.1) is 6.04 Å². The highest BCUT2D eigenvalue weighted by molar-refractivity contribution is 5.33. The number of benzene rings is 2. The van der Waals surface area contributed by atoms with Gasteiger partial charge in [0.15, 0.2) is 0 Å². The molecule has 2 nitrogen and oxygen atoms in total. The fraction of sp³-hybridized carbons (Fsp3) is 0.294. The van der Waals surface area contributed by atoms with Crippen LogP contribution in [0.4, 0.5) is 0 Å². The van der Waals surface area contributed by atoms with Crippen LogP contribution in [0.3, 0.4) is 0 Å². The molecule has 2 unspecified atom stereocenters. The zero-order valence-electron chi connectivity index (χ0n) is 10.9. The van der Waals surface area contributed by atoms with E-state index in [0.29, 0.717) is 6.04 Å². The van der Waals surface area contributed by atoms with Gasteiger partial charge in [-0.25, -0.2) is 0 Å². The van der Waals surface area contributed by atoms with Crippen molar-refractivity contribution in [1.82, 2.24) is 10.2 Å². The van der Waals surface area contributed by atoms with E-state index in [9.17, 15) is 0 Å². The molecule has 0 saturated carbocycles. The summed E-state index contributed by atoms with van der Waals surface area (Å²) in [6, 6.07) is 23.6. The van der Waals surface area contributed by atoms with Crippen LogP contribution in [0, 0.1) is 0 Å². The minimum absolute atomic E-state index is 0.408. The molecule has 0 spiro atoms. The zero-order valence-corrected chi connectivity index (χ0v) is 10.9. The molecule has 4 rings (SSSR count). The highest BCUT2D eigenvalue weighted by Crippen LogP contribution is 2.38. The third kappa shape index (κ3) is 1.79. The first-order valence-corrected chi connectivity index (χ1v) is 7.02. The first-order valence-electron chi connectivity index (χ1n) is 7.02. The van der Waals surface area contributed by atoms with E-state index >= 15 is 0 Å². The van der Waals surface area contributed by atoms with Gasteiger partial charge >= 0.3 is 0 Å². The number of hydrogen-bond acceptors (Lipinski definition) is 2. The van der Waals surface area contributed by atoms with Gasteiger partial charge in [0.1, 0.15) is 0 Å². The maximum absolute atomic E-state index is 3.49. The molecule has 2 aliphatic heterocycles. The topological polar surface area (TPSA) is 15.3 Å². The van der Waals surface area contributed by atoms with Crippen molar-refractivity contribution in [3.05, 3.63) is 71.8 Å². The Bertz CT molecular complexity index is 512. The molecule has 1 N–H and O–H groups in total. The Morgan fingerprint density at radius 3 is 1.84 bits per heavy atom. The quantitative estimate of drug-likeness (QED) is 0.900. The average Bonchev–Trinajstić information content (AvgIpc) is 2.46. The number of fused-ring (bicyclic) bond motifs is 1. The lowest BCUT2D eigenvalue weighted by molar-refractivity contribution is -0.0396. The van der Waals surface area contributed by atoms with E-state index in [4.69, 9.17) is 0 Å². The second-order valence-corrected chi connectivity index (χ2v) is 5.50. The average molecular weight is 250 g/mol. The third-order valence-electron chi connectivity index (χ3n) is 4.45. The summed E-state index contributed by atoms with van der Waals surface area (Å²) in [5.41, 5.74) is 2.80. The minimum Gasteiger partial charge on any atom is -0.310 e. The molecule has 0 amide bonds. The molecule has 2 atom stereocenters. The van der Waals surface area contributed by atoms with Gasteiger partial charge in [-0.3, -0.25) is 4.90 Å². The molecule has 2 aromatic rings. The monoisotopic (exact) mass is 250 g/mol. The van der Waals surface area contributed by atoms with Crippen molar-refractivity contribution < 1.29 is 0 Å². The van der Waals surface area contributed by atoms with Crippen LogP contribution in [0.15, 0.2) is 60.7 Å². The molecule has 2 heterocycles. The molecule has 96 valence electrons. The van der Waals surface area contributed by atoms with Gasteiger partial charge < -0.3 is 5.32 Å². The van der Waals surface area contributed by atoms with Gasteiger partial charge in [0.25, 0.3) is 0 Å². The van der Waals surface area contributed by atoms with E-state index in [0.717, 1.165) is 18.6 Å². The predicted octanol–water partition coefficient (Wildman–Crippen LogP) is 2.43. The van der Waals surface area contributed by atoms with E-state index in [1.54, 1.807) is 0 Å². The molecule has 0 aromatic heterocycles. The van der Waals surface area contributed by atoms with E-state index in [1.165, 1.54) is 17.7 Å². The van der Waals surface area contributed by atoms with Crippen LogP contribution < -0.4 is 5.32 Å². The summed E-state index contributed by atoms with van der Waals surface area (Å²) in [5.74, 6) is 0. The summed E-state index contributed by atoms with van der Waals surface area (Å²) in [6.45, 7) is 2.31. The fourth-order valence-electron chi connectivity index (χ4n) is 3.29. The van der Waals surface area contributed by atoms with Gasteiger partial charge in [-0.1, -0.05) is 60.7 Å². The van der Waals surface area contributed by atoms with Crippen LogP contribution in [0.2, 0.25) is 0 Å². The van der Waals surface area contributed by atoms with Gasteiger partial charge in [0, 0.05) is 25.2 Å². The number of likely N-dealkylation sites (tertiary alicyclic amines) is 1. The van der Waals surface area contributed by atoms with Gasteiger partial charge in [-0.15, -0.1) is 0 Å². The Kier molecular flexibility index (Phi) is 2.64. The Hall–Kier alpha value is -1.64. The molecular weight excluding hydrogens is 232 g/mol. The van der Waals surface area contributed by atoms with Crippen LogP contribution in [0.1, 0.15) is 17.2 Å². The van der Waals surface area contributed by atoms with Crippen molar-refractivity contribution in [2.45, 2.75) is 18.1 Å². The highest BCUT2D eigenvalue weighted by Gasteiger charge is 2.48. The molecule has 0 radical (unpaired) electrons. The molecule has 2 aromatic carbocycles. The Balaban J connectivity index is 1.71. The minimum atomic E-state index is 0.408. The molecule has 2 heteroatoms. The lowest BCUT2D eigenvalue weighted by Gasteiger charge is -2.59. The largest absolute Gasteiger partial charge is 0.310 e. The first kappa shape index (κ1) is 11.2. The van der Waals surface area contributed by atoms with Crippen LogP contribution >= 0.6 is 0 Å². The van der Waals surface area contributed by atoms with Crippen LogP contribution in [0.5, 0.6) is 0 Å². The molecule has 19 heavy (non-hydrogen) atoms. The van der Waals surface area contributed by atoms with Gasteiger partial charge in [-0.2, -0.15) is 0 Å². The van der Waals surface area contributed by atoms with Crippen LogP contribution in [-0.4, -0.2) is 30.1 Å². The van der Waals surface area contributed by atoms with E-state index in [2.05, 4.69) is 70.9 Å². The van der Waals surface area contributed by atoms with E-state index < -0.39 is 0 Å². The lowest BCUT2D eigenvalue weighted by atomic mass is 9.83. The molecule has 2 saturated heterocycles. The highest BCUT2D eigenvalue weighted by atomic mass is 15.4. The molecule has 0 bridgehead atoms. The van der Waals surface area contributed by atoms with Crippen molar-refractivity contribution in [2.75, 3.05) is 13.1 Å². The summed E-state index contributed by atoms with van der Waals surface area (Å²) < 4.78 is 0. The first-order chi connectivity index (χ1) is 9.43. The second-order valence-electron chi connectivity index (χ2n) is 5.50. The van der Waals surface area contributed by atoms with Gasteiger partial charge in [-0.05, 0) is 11.1 Å². The number of nitrogens with one attached hydrogen (secondary N) is 1. The summed E-state index contributed by atoms with van der Waals surface area (Å²) >= 11 is 0. The van der Waals surface area contributed by atoms with E-state index in [-0.39, 0.29) is 0 Å². The smallest absolute Gasteiger partial charge is 0.0605 e. The maximum atomic E-state index is 3.49. The molecule has 2 aliphatic rings. The van der Waals surface area contributed by atoms with Crippen molar-refractivity contribution in [2.24, 2.45) is 0 Å². The number of hydrogen-bond donors (Lipinski definition) is 1. The zero-order chi connectivity index (χ0) is 12.7. The van der Waals surface area contributed by atoms with E-state index in [1.807, 2.05) is 0 Å². The molecular formula is C17H18N2. The summed E-state index contributed by atoms with van der Waals surface area (Å²) in [6.07, 6.45) is 0. The molecule has 2 fully saturated rings. The standard InChI is InChI=1S/C17H18N2/c1-3-7-13(8-4-1)17(14-9-5-2-6-10-14)19-12-15-16(19)11-18-15/h1-10,15-18H,11-12H2. The van der Waals surface area contributed by atoms with Crippen LogP contribution in [-0.2, 0) is 0 Å². The SMILES string of the molecule is c1ccc(C(c2ccccc2)N2CC3NCC32)cc1. The predicted molar refractivity (Wildman–Crippen MR) is 77.0 cm³/mol. The van der Waals surface area contributed by atoms with Crippen molar-refractivity contribution in [1.29, 1.82) is 0 Å². The number of rotatable bonds is 3. The third-order valence-corrected chi connectivity index (χ3v) is 4.45. The summed E-state index contributed by atoms with van der Waals surface area (Å²) in [7, 11) is 0. The number of piperazine rings is 1. The fourth-order valence-corrected chi connectivity index (χ4v) is 3.29. The maximum Gasteiger partial charge on any atom is 0.0605 e. The normalized spacial score (nSPS) is 25.5. The summed E-state index contributed by atoms with van der Waals surface area (Å²) in [5, 5.41) is 3.49. The number of nitrogens with zero attached hydrogens (tertiary/aromatic N) is 1. The Morgan fingerprint density at radius 1 is 0.895 bits per heavy atom. The Labute approximate surface area is 114 Å². The second kappa shape index (κ2) is 4.48. The summed E-state index contributed by atoms with van der Waals surface area (Å²) in [4.78, 5) is 2.63.